The van der Waals surface area contributed by atoms with E-state index >= 15 is 0 Å². The molecule has 0 aliphatic heterocycles. The first kappa shape index (κ1) is 12.8. The lowest BCUT2D eigenvalue weighted by Crippen LogP contribution is -2.19. The van der Waals surface area contributed by atoms with E-state index < -0.39 is 17.2 Å². The Kier molecular flexibility index (Phi) is 3.38. The van der Waals surface area contributed by atoms with Gasteiger partial charge in [-0.25, -0.2) is 0 Å². The fourth-order valence-electron chi connectivity index (χ4n) is 1.41. The Morgan fingerprint density at radius 2 is 1.53 bits per heavy atom. The molecule has 0 bridgehead atoms. The summed E-state index contributed by atoms with van der Waals surface area (Å²) in [7, 11) is 0. The summed E-state index contributed by atoms with van der Waals surface area (Å²) >= 11 is 1.89. The van der Waals surface area contributed by atoms with Crippen LogP contribution in [0.3, 0.4) is 0 Å². The minimum Gasteiger partial charge on any atom is -0.166 e. The zero-order chi connectivity index (χ0) is 11.9. The van der Waals surface area contributed by atoms with Gasteiger partial charge in [0, 0.05) is 3.57 Å². The van der Waals surface area contributed by atoms with Crippen LogP contribution in [0.15, 0.2) is 18.2 Å². The van der Waals surface area contributed by atoms with Crippen LogP contribution in [0.25, 0.3) is 0 Å². The Hall–Kier alpha value is -0.260. The van der Waals surface area contributed by atoms with Crippen molar-refractivity contribution in [2.45, 2.75) is 32.4 Å². The predicted octanol–water partition coefficient (Wildman–Crippen LogP) is 4.61. The normalized spacial score (nSPS) is 13.0. The van der Waals surface area contributed by atoms with E-state index in [-0.39, 0.29) is 0 Å². The van der Waals surface area contributed by atoms with E-state index in [0.717, 1.165) is 0 Å². The predicted molar refractivity (Wildman–Crippen MR) is 62.9 cm³/mol. The van der Waals surface area contributed by atoms with Gasteiger partial charge in [0.2, 0.25) is 0 Å². The van der Waals surface area contributed by atoms with Gasteiger partial charge in [-0.05, 0) is 45.7 Å². The highest BCUT2D eigenvalue weighted by Crippen LogP contribution is 2.38. The summed E-state index contributed by atoms with van der Waals surface area (Å²) in [5, 5.41) is 0. The van der Waals surface area contributed by atoms with E-state index in [1.807, 2.05) is 22.6 Å². The molecule has 15 heavy (non-hydrogen) atoms. The minimum absolute atomic E-state index is 0.343. The summed E-state index contributed by atoms with van der Waals surface area (Å²) in [5.41, 5.74) is -0.674. The molecule has 0 N–H and O–H groups in total. The van der Waals surface area contributed by atoms with Crippen molar-refractivity contribution in [3.8, 4) is 0 Å². The third-order valence-electron chi connectivity index (χ3n) is 2.10. The molecular weight excluding hydrogens is 316 g/mol. The van der Waals surface area contributed by atoms with Crippen molar-refractivity contribution >= 4 is 22.6 Å². The van der Waals surface area contributed by atoms with Crippen LogP contribution < -0.4 is 0 Å². The van der Waals surface area contributed by atoms with Gasteiger partial charge in [-0.15, -0.1) is 0 Å². The molecule has 0 saturated heterocycles. The molecule has 0 nitrogen and oxygen atoms in total. The van der Waals surface area contributed by atoms with Crippen LogP contribution in [-0.4, -0.2) is 0 Å². The molecule has 0 saturated carbocycles. The molecule has 4 heteroatoms. The Labute approximate surface area is 101 Å². The van der Waals surface area contributed by atoms with Gasteiger partial charge in [-0.1, -0.05) is 26.8 Å². The third-order valence-corrected chi connectivity index (χ3v) is 2.77. The maximum absolute atomic E-state index is 12.8. The van der Waals surface area contributed by atoms with Crippen LogP contribution >= 0.6 is 22.6 Å². The van der Waals surface area contributed by atoms with Crippen molar-refractivity contribution in [3.05, 3.63) is 32.9 Å². The van der Waals surface area contributed by atoms with Gasteiger partial charge in [0.25, 0.3) is 0 Å². The van der Waals surface area contributed by atoms with Crippen LogP contribution in [0.2, 0.25) is 0 Å². The SMILES string of the molecule is CC(C)(C)c1ccc(I)cc1C(F)(F)F. The lowest BCUT2D eigenvalue weighted by Gasteiger charge is -2.24. The van der Waals surface area contributed by atoms with Gasteiger partial charge in [0.15, 0.2) is 0 Å². The highest BCUT2D eigenvalue weighted by Gasteiger charge is 2.36. The summed E-state index contributed by atoms with van der Waals surface area (Å²) in [5.74, 6) is 0. The highest BCUT2D eigenvalue weighted by molar-refractivity contribution is 14.1. The first-order valence-corrected chi connectivity index (χ1v) is 5.57. The second-order valence-corrected chi connectivity index (χ2v) is 5.68. The van der Waals surface area contributed by atoms with E-state index in [0.29, 0.717) is 9.13 Å². The van der Waals surface area contributed by atoms with E-state index in [1.165, 1.54) is 6.07 Å². The molecule has 1 aromatic carbocycles. The standard InChI is InChI=1S/C11H12F3I/c1-10(2,3)8-5-4-7(15)6-9(8)11(12,13)14/h4-6H,1-3H3. The Bertz CT molecular complexity index is 361. The quantitative estimate of drug-likeness (QED) is 0.610. The molecule has 0 aliphatic carbocycles. The molecule has 0 heterocycles. The van der Waals surface area contributed by atoms with Crippen molar-refractivity contribution in [2.24, 2.45) is 0 Å². The van der Waals surface area contributed by atoms with Gasteiger partial charge in [0.1, 0.15) is 0 Å². The number of benzene rings is 1. The Morgan fingerprint density at radius 3 is 1.93 bits per heavy atom. The zero-order valence-corrected chi connectivity index (χ0v) is 10.9. The van der Waals surface area contributed by atoms with Gasteiger partial charge in [0.05, 0.1) is 5.56 Å². The largest absolute Gasteiger partial charge is 0.416 e. The number of hydrogen-bond acceptors (Lipinski definition) is 0. The monoisotopic (exact) mass is 328 g/mol. The smallest absolute Gasteiger partial charge is 0.166 e. The Balaban J connectivity index is 3.41. The zero-order valence-electron chi connectivity index (χ0n) is 8.74. The molecular formula is C11H12F3I. The fourth-order valence-corrected chi connectivity index (χ4v) is 1.90. The minimum atomic E-state index is -4.27. The highest BCUT2D eigenvalue weighted by atomic mass is 127. The van der Waals surface area contributed by atoms with E-state index in [1.54, 1.807) is 32.9 Å². The van der Waals surface area contributed by atoms with Gasteiger partial charge < -0.3 is 0 Å². The molecule has 0 radical (unpaired) electrons. The van der Waals surface area contributed by atoms with Crippen molar-refractivity contribution in [1.82, 2.24) is 0 Å². The first-order chi connectivity index (χ1) is 6.62. The Morgan fingerprint density at radius 1 is 1.00 bits per heavy atom. The fraction of sp³-hybridized carbons (Fsp3) is 0.455. The molecule has 0 aliphatic rings. The third kappa shape index (κ3) is 3.09. The van der Waals surface area contributed by atoms with E-state index in [9.17, 15) is 13.2 Å². The first-order valence-electron chi connectivity index (χ1n) is 4.49. The van der Waals surface area contributed by atoms with E-state index in [4.69, 9.17) is 0 Å². The molecule has 0 atom stereocenters. The average Bonchev–Trinajstić information content (AvgIpc) is 2.00. The second kappa shape index (κ2) is 3.96. The maximum atomic E-state index is 12.8. The van der Waals surface area contributed by atoms with Gasteiger partial charge in [-0.2, -0.15) is 13.2 Å². The molecule has 0 spiro atoms. The summed E-state index contributed by atoms with van der Waals surface area (Å²) in [6.07, 6.45) is -4.27. The van der Waals surface area contributed by atoms with Crippen molar-refractivity contribution in [2.75, 3.05) is 0 Å². The molecule has 0 unspecified atom stereocenters. The molecule has 1 rings (SSSR count). The molecule has 0 fully saturated rings. The lowest BCUT2D eigenvalue weighted by atomic mass is 9.83. The van der Waals surface area contributed by atoms with Crippen LogP contribution in [0.4, 0.5) is 13.2 Å². The van der Waals surface area contributed by atoms with Crippen molar-refractivity contribution < 1.29 is 13.2 Å². The molecule has 84 valence electrons. The summed E-state index contributed by atoms with van der Waals surface area (Å²) in [4.78, 5) is 0. The lowest BCUT2D eigenvalue weighted by molar-refractivity contribution is -0.138. The summed E-state index contributed by atoms with van der Waals surface area (Å²) in [6.45, 7) is 5.35. The van der Waals surface area contributed by atoms with Gasteiger partial charge >= 0.3 is 6.18 Å². The van der Waals surface area contributed by atoms with Crippen LogP contribution in [-0.2, 0) is 11.6 Å². The van der Waals surface area contributed by atoms with E-state index in [2.05, 4.69) is 0 Å². The topological polar surface area (TPSA) is 0 Å². The number of halogens is 4. The van der Waals surface area contributed by atoms with Crippen molar-refractivity contribution in [3.63, 3.8) is 0 Å². The summed E-state index contributed by atoms with van der Waals surface area (Å²) < 4.78 is 38.9. The van der Waals surface area contributed by atoms with Crippen LogP contribution in [0.1, 0.15) is 31.9 Å². The molecule has 1 aromatic rings. The number of hydrogen-bond donors (Lipinski definition) is 0. The molecule has 0 amide bonds. The maximum Gasteiger partial charge on any atom is 0.416 e. The average molecular weight is 328 g/mol. The van der Waals surface area contributed by atoms with Gasteiger partial charge in [-0.3, -0.25) is 0 Å². The number of rotatable bonds is 0. The molecule has 0 aromatic heterocycles. The summed E-state index contributed by atoms with van der Waals surface area (Å²) in [6, 6.07) is 4.46. The van der Waals surface area contributed by atoms with Crippen molar-refractivity contribution in [1.29, 1.82) is 0 Å². The van der Waals surface area contributed by atoms with Crippen LogP contribution in [0, 0.1) is 3.57 Å². The van der Waals surface area contributed by atoms with Crippen LogP contribution in [0.5, 0.6) is 0 Å². The second-order valence-electron chi connectivity index (χ2n) is 4.44. The number of alkyl halides is 3.